The minimum absolute atomic E-state index is 0.148. The fourth-order valence-corrected chi connectivity index (χ4v) is 5.22. The summed E-state index contributed by atoms with van der Waals surface area (Å²) < 4.78 is 14.5. The third kappa shape index (κ3) is 4.48. The van der Waals surface area contributed by atoms with Gasteiger partial charge in [-0.25, -0.2) is 9.20 Å². The molecular formula is C27H31N7O4. The fourth-order valence-electron chi connectivity index (χ4n) is 5.22. The molecule has 38 heavy (non-hydrogen) atoms. The number of methoxy groups -OCH3 is 2. The normalized spacial score (nSPS) is 18.8. The van der Waals surface area contributed by atoms with Crippen LogP contribution in [0.2, 0.25) is 0 Å². The number of likely N-dealkylation sites (tertiary alicyclic amines) is 1. The summed E-state index contributed by atoms with van der Waals surface area (Å²) in [4.78, 5) is 26.7. The van der Waals surface area contributed by atoms with Gasteiger partial charge in [-0.15, -0.1) is 0 Å². The molecule has 0 unspecified atom stereocenters. The van der Waals surface area contributed by atoms with Crippen molar-refractivity contribution < 1.29 is 19.1 Å². The van der Waals surface area contributed by atoms with Crippen LogP contribution in [0.3, 0.4) is 0 Å². The minimum Gasteiger partial charge on any atom is -0.494 e. The smallest absolute Gasteiger partial charge is 0.255 e. The van der Waals surface area contributed by atoms with Gasteiger partial charge >= 0.3 is 0 Å². The van der Waals surface area contributed by atoms with Gasteiger partial charge in [-0.2, -0.15) is 10.2 Å². The van der Waals surface area contributed by atoms with Gasteiger partial charge in [0.25, 0.3) is 5.91 Å². The summed E-state index contributed by atoms with van der Waals surface area (Å²) in [6.07, 6.45) is 7.91. The molecule has 0 aromatic carbocycles. The first-order valence-corrected chi connectivity index (χ1v) is 12.5. The van der Waals surface area contributed by atoms with Crippen molar-refractivity contribution in [3.05, 3.63) is 53.5 Å². The van der Waals surface area contributed by atoms with Gasteiger partial charge in [0.2, 0.25) is 5.91 Å². The summed E-state index contributed by atoms with van der Waals surface area (Å²) in [6, 6.07) is 1.50. The number of aromatic nitrogens is 4. The maximum atomic E-state index is 12.5. The number of nitrogens with zero attached hydrogens (tertiary/aromatic N) is 5. The predicted molar refractivity (Wildman–Crippen MR) is 141 cm³/mol. The zero-order chi connectivity index (χ0) is 27.0. The van der Waals surface area contributed by atoms with E-state index in [1.807, 2.05) is 18.5 Å². The van der Waals surface area contributed by atoms with E-state index in [9.17, 15) is 9.59 Å². The lowest BCUT2D eigenvalue weighted by Crippen LogP contribution is -2.37. The van der Waals surface area contributed by atoms with Crippen LogP contribution in [0.4, 0.5) is 5.82 Å². The van der Waals surface area contributed by atoms with Gasteiger partial charge in [-0.3, -0.25) is 9.59 Å². The number of nitrogens with two attached hydrogens (primary N) is 1. The third-order valence-corrected chi connectivity index (χ3v) is 7.12. The lowest BCUT2D eigenvalue weighted by molar-refractivity contribution is -0.127. The summed E-state index contributed by atoms with van der Waals surface area (Å²) in [5.41, 5.74) is 8.99. The topological polar surface area (TPSA) is 129 Å². The van der Waals surface area contributed by atoms with Gasteiger partial charge in [0.1, 0.15) is 22.6 Å². The van der Waals surface area contributed by atoms with E-state index in [-0.39, 0.29) is 29.2 Å². The van der Waals surface area contributed by atoms with Crippen molar-refractivity contribution in [1.82, 2.24) is 24.3 Å². The number of carbonyl (C=O) groups is 2. The summed E-state index contributed by atoms with van der Waals surface area (Å²) in [6.45, 7) is 4.37. The van der Waals surface area contributed by atoms with E-state index in [2.05, 4.69) is 33.9 Å². The molecule has 2 fully saturated rings. The summed E-state index contributed by atoms with van der Waals surface area (Å²) in [5, 5.41) is 12.2. The molecule has 11 heteroatoms. The number of fused-ring (bicyclic) bond motifs is 1. The van der Waals surface area contributed by atoms with Crippen LogP contribution < -0.4 is 15.8 Å². The molecule has 5 rings (SSSR count). The molecule has 11 nitrogen and oxygen atoms in total. The number of amides is 2. The zero-order valence-electron chi connectivity index (χ0n) is 21.7. The number of hydrogen-bond donors (Lipinski definition) is 2. The van der Waals surface area contributed by atoms with Crippen molar-refractivity contribution in [2.24, 2.45) is 5.73 Å². The molecule has 1 aliphatic heterocycles. The first-order valence-electron chi connectivity index (χ1n) is 12.5. The minimum atomic E-state index is -0.649. The van der Waals surface area contributed by atoms with E-state index in [0.717, 1.165) is 18.4 Å². The van der Waals surface area contributed by atoms with Crippen LogP contribution in [0.15, 0.2) is 31.1 Å². The quantitative estimate of drug-likeness (QED) is 0.345. The van der Waals surface area contributed by atoms with Crippen molar-refractivity contribution in [1.29, 1.82) is 0 Å². The van der Waals surface area contributed by atoms with Crippen molar-refractivity contribution in [2.45, 2.75) is 37.3 Å². The number of rotatable bonds is 8. The van der Waals surface area contributed by atoms with Crippen LogP contribution in [0.1, 0.15) is 58.4 Å². The molecule has 1 saturated heterocycles. The number of pyridine rings is 1. The Morgan fingerprint density at radius 1 is 1.32 bits per heavy atom. The molecule has 2 aliphatic rings. The molecule has 198 valence electrons. The highest BCUT2D eigenvalue weighted by Gasteiger charge is 2.38. The summed E-state index contributed by atoms with van der Waals surface area (Å²) in [7, 11) is 4.92. The van der Waals surface area contributed by atoms with E-state index >= 15 is 0 Å². The van der Waals surface area contributed by atoms with Crippen LogP contribution >= 0.6 is 0 Å². The summed E-state index contributed by atoms with van der Waals surface area (Å²) in [5.74, 6) is 6.96. The van der Waals surface area contributed by atoms with Crippen molar-refractivity contribution in [3.8, 4) is 17.6 Å². The number of nitrogens with one attached hydrogen (secondary N) is 1. The van der Waals surface area contributed by atoms with Crippen LogP contribution in [0.25, 0.3) is 5.52 Å². The molecule has 1 saturated carbocycles. The monoisotopic (exact) mass is 517 g/mol. The van der Waals surface area contributed by atoms with Gasteiger partial charge in [-0.1, -0.05) is 12.5 Å². The SMILES string of the molecule is C=CC(=O)N1C[C@@H](n2nc(C#Cc3cc(OC)c4c(C5CC5)cnn4c3)c(C(N)=O)c2NC)C[C@@H]1COC. The van der Waals surface area contributed by atoms with E-state index < -0.39 is 5.91 Å². The zero-order valence-corrected chi connectivity index (χ0v) is 21.7. The second kappa shape index (κ2) is 10.2. The number of carbonyl (C=O) groups excluding carboxylic acids is 2. The Hall–Kier alpha value is -4.30. The van der Waals surface area contributed by atoms with Gasteiger partial charge in [0, 0.05) is 38.0 Å². The first-order chi connectivity index (χ1) is 18.4. The van der Waals surface area contributed by atoms with Gasteiger partial charge < -0.3 is 25.4 Å². The van der Waals surface area contributed by atoms with Gasteiger partial charge in [0.15, 0.2) is 5.69 Å². The molecule has 0 spiro atoms. The molecule has 1 aliphatic carbocycles. The van der Waals surface area contributed by atoms with Crippen LogP contribution in [0, 0.1) is 11.8 Å². The largest absolute Gasteiger partial charge is 0.494 e. The maximum Gasteiger partial charge on any atom is 0.255 e. The second-order valence-corrected chi connectivity index (χ2v) is 9.54. The molecule has 0 bridgehead atoms. The van der Waals surface area contributed by atoms with Crippen molar-refractivity contribution in [3.63, 3.8) is 0 Å². The Morgan fingerprint density at radius 3 is 2.74 bits per heavy atom. The fraction of sp³-hybridized carbons (Fsp3) is 0.407. The Labute approximate surface area is 220 Å². The van der Waals surface area contributed by atoms with Crippen molar-refractivity contribution >= 4 is 23.1 Å². The second-order valence-electron chi connectivity index (χ2n) is 9.54. The lowest BCUT2D eigenvalue weighted by Gasteiger charge is -2.22. The average Bonchev–Trinajstić information content (AvgIpc) is 3.36. The van der Waals surface area contributed by atoms with Crippen LogP contribution in [0.5, 0.6) is 5.75 Å². The molecule has 0 radical (unpaired) electrons. The maximum absolute atomic E-state index is 12.5. The predicted octanol–water partition coefficient (Wildman–Crippen LogP) is 1.93. The molecule has 4 heterocycles. The molecule has 3 N–H and O–H groups in total. The van der Waals surface area contributed by atoms with Crippen LogP contribution in [-0.4, -0.2) is 76.6 Å². The van der Waals surface area contributed by atoms with E-state index in [0.29, 0.717) is 42.6 Å². The lowest BCUT2D eigenvalue weighted by atomic mass is 10.1. The molecule has 2 atom stereocenters. The van der Waals surface area contributed by atoms with E-state index in [4.69, 9.17) is 15.2 Å². The Morgan fingerprint density at radius 2 is 2.11 bits per heavy atom. The highest BCUT2D eigenvalue weighted by Crippen LogP contribution is 2.44. The number of ether oxygens (including phenoxy) is 2. The molecule has 2 amide bonds. The number of anilines is 1. The van der Waals surface area contributed by atoms with Gasteiger partial charge in [0.05, 0.1) is 32.0 Å². The summed E-state index contributed by atoms with van der Waals surface area (Å²) >= 11 is 0. The van der Waals surface area contributed by atoms with E-state index in [1.54, 1.807) is 35.4 Å². The first kappa shape index (κ1) is 25.4. The number of hydrogen-bond acceptors (Lipinski definition) is 7. The molecular weight excluding hydrogens is 486 g/mol. The van der Waals surface area contributed by atoms with E-state index in [1.165, 1.54) is 11.6 Å². The Bertz CT molecular complexity index is 1470. The van der Waals surface area contributed by atoms with Crippen molar-refractivity contribution in [2.75, 3.05) is 39.7 Å². The Kier molecular flexibility index (Phi) is 6.82. The Balaban J connectivity index is 1.52. The van der Waals surface area contributed by atoms with Gasteiger partial charge in [-0.05, 0) is 43.2 Å². The highest BCUT2D eigenvalue weighted by atomic mass is 16.5. The molecule has 3 aromatic heterocycles. The highest BCUT2D eigenvalue weighted by molar-refractivity contribution is 6.00. The molecule has 3 aromatic rings. The third-order valence-electron chi connectivity index (χ3n) is 7.12. The average molecular weight is 518 g/mol. The standard InChI is InChI=1S/C27H31N7O4/c1-5-23(35)32-14-18(11-19(32)15-37-3)34-27(29-2)24(26(28)36)21(31-34)9-6-16-10-22(38-4)25-20(17-7-8-17)12-30-33(25)13-16/h5,10,12-13,17-19,29H,1,7-8,11,14-15H2,2-4H3,(H2,28,36)/t18-,19+/m0/s1. The number of primary amides is 1. The van der Waals surface area contributed by atoms with Crippen LogP contribution in [-0.2, 0) is 9.53 Å².